The third kappa shape index (κ3) is 31.5. The lowest BCUT2D eigenvalue weighted by Gasteiger charge is -2.23. The first kappa shape index (κ1) is 59.6. The molecule has 388 valence electrons. The molecular weight excluding hydrogens is 912 g/mol. The second-order valence-corrected chi connectivity index (χ2v) is 14.0. The number of azide groups is 1. The van der Waals surface area contributed by atoms with Crippen LogP contribution in [0, 0.1) is 0 Å². The number of amides is 5. The Hall–Kier alpha value is -4.48. The highest BCUT2D eigenvalue weighted by atomic mass is 16.7. The van der Waals surface area contributed by atoms with Gasteiger partial charge >= 0.3 is 11.9 Å². The monoisotopic (exact) mass is 980 g/mol. The van der Waals surface area contributed by atoms with Gasteiger partial charge in [0.05, 0.1) is 178 Å². The highest BCUT2D eigenvalue weighted by Crippen LogP contribution is 2.13. The third-order valence-corrected chi connectivity index (χ3v) is 8.87. The van der Waals surface area contributed by atoms with Gasteiger partial charge in [0.25, 0.3) is 23.6 Å². The molecule has 2 rings (SSSR count). The van der Waals surface area contributed by atoms with Gasteiger partial charge in [0.1, 0.15) is 0 Å². The van der Waals surface area contributed by atoms with E-state index in [2.05, 4.69) is 10.0 Å². The van der Waals surface area contributed by atoms with Crippen LogP contribution in [0.5, 0.6) is 0 Å². The number of carbonyl (C=O) groups is 7. The fraction of sp³-hybridized carbons (Fsp3) is 0.829. The van der Waals surface area contributed by atoms with Crippen molar-refractivity contribution in [3.8, 4) is 0 Å². The lowest BCUT2D eigenvalue weighted by Crippen LogP contribution is -2.37. The molecule has 2 aliphatic heterocycles. The number of hydrogen-bond donors (Lipinski definition) is 0. The van der Waals surface area contributed by atoms with E-state index in [4.69, 9.17) is 72.0 Å². The molecule has 2 fully saturated rings. The van der Waals surface area contributed by atoms with E-state index in [1.807, 2.05) is 0 Å². The maximum absolute atomic E-state index is 13.1. The summed E-state index contributed by atoms with van der Waals surface area (Å²) in [6.45, 7) is 7.68. The summed E-state index contributed by atoms with van der Waals surface area (Å²) in [5.74, 6) is -3.77. The summed E-state index contributed by atoms with van der Waals surface area (Å²) in [7, 11) is 0. The van der Waals surface area contributed by atoms with Gasteiger partial charge in [0.2, 0.25) is 5.91 Å². The average Bonchev–Trinajstić information content (AvgIpc) is 3.82. The fourth-order valence-electron chi connectivity index (χ4n) is 5.39. The normalized spacial score (nSPS) is 13.7. The SMILES string of the molecule is [N-]=[N+]=NCCOCCOCCOCCOCCC(=O)N(CCOCCOCCOCCOCCC(=O)ON1C(=O)CCC1=O)CCOCCOCCOCCOCCC(=O)ON1C(=O)CCC1=O. The van der Waals surface area contributed by atoms with Crippen molar-refractivity contribution < 1.29 is 100 Å². The topological polar surface area (TPSA) is 307 Å². The largest absolute Gasteiger partial charge is 0.379 e. The number of nitrogens with zero attached hydrogens (tertiary/aromatic N) is 6. The zero-order valence-corrected chi connectivity index (χ0v) is 38.8. The molecule has 0 aromatic carbocycles. The summed E-state index contributed by atoms with van der Waals surface area (Å²) in [4.78, 5) is 96.5. The molecular formula is C41H68N6O21. The van der Waals surface area contributed by atoms with Gasteiger partial charge in [-0.3, -0.25) is 24.0 Å². The molecule has 0 aliphatic carbocycles. The summed E-state index contributed by atoms with van der Waals surface area (Å²) in [5.41, 5.74) is 8.23. The first-order valence-electron chi connectivity index (χ1n) is 22.6. The number of carbonyl (C=O) groups excluding carboxylic acids is 7. The molecule has 0 saturated carbocycles. The molecule has 0 atom stereocenters. The average molecular weight is 981 g/mol. The van der Waals surface area contributed by atoms with Crippen LogP contribution in [-0.2, 0) is 100 Å². The van der Waals surface area contributed by atoms with E-state index >= 15 is 0 Å². The Bertz CT molecular complexity index is 1380. The van der Waals surface area contributed by atoms with Crippen molar-refractivity contribution in [3.05, 3.63) is 10.4 Å². The predicted molar refractivity (Wildman–Crippen MR) is 229 cm³/mol. The standard InChI is InChI=1S/C41H68N6O21/c42-44-43-8-14-58-20-26-64-32-29-61-23-17-55-11-5-35(48)45(9-15-59-21-27-65-33-30-62-24-18-56-12-6-40(53)67-46-36(49)1-2-37(46)50)10-16-60-22-28-66-34-31-63-25-19-57-13-7-41(54)68-47-38(51)3-4-39(47)52/h1-34H2. The van der Waals surface area contributed by atoms with Gasteiger partial charge in [0, 0.05) is 50.2 Å². The van der Waals surface area contributed by atoms with Gasteiger partial charge in [-0.15, -0.1) is 10.1 Å². The van der Waals surface area contributed by atoms with Crippen LogP contribution >= 0.6 is 0 Å². The van der Waals surface area contributed by atoms with Crippen molar-refractivity contribution in [1.82, 2.24) is 15.0 Å². The van der Waals surface area contributed by atoms with E-state index in [9.17, 15) is 33.6 Å². The van der Waals surface area contributed by atoms with Gasteiger partial charge < -0.3 is 71.4 Å². The molecule has 0 bridgehead atoms. The molecule has 2 heterocycles. The number of rotatable bonds is 47. The van der Waals surface area contributed by atoms with Crippen LogP contribution in [0.2, 0.25) is 0 Å². The quantitative estimate of drug-likeness (QED) is 0.0249. The van der Waals surface area contributed by atoms with E-state index in [1.165, 1.54) is 0 Å². The van der Waals surface area contributed by atoms with E-state index < -0.39 is 35.6 Å². The molecule has 0 aromatic rings. The Balaban J connectivity index is 1.50. The second kappa shape index (κ2) is 41.5. The van der Waals surface area contributed by atoms with E-state index in [0.717, 1.165) is 0 Å². The molecule has 27 nitrogen and oxygen atoms in total. The van der Waals surface area contributed by atoms with E-state index in [-0.39, 0.29) is 117 Å². The van der Waals surface area contributed by atoms with Crippen LogP contribution < -0.4 is 0 Å². The maximum Gasteiger partial charge on any atom is 0.335 e. The molecule has 0 radical (unpaired) electrons. The van der Waals surface area contributed by atoms with Crippen LogP contribution in [0.1, 0.15) is 44.9 Å². The summed E-state index contributed by atoms with van der Waals surface area (Å²) >= 11 is 0. The Morgan fingerprint density at radius 1 is 0.412 bits per heavy atom. The van der Waals surface area contributed by atoms with Crippen molar-refractivity contribution in [1.29, 1.82) is 0 Å². The van der Waals surface area contributed by atoms with Crippen molar-refractivity contribution in [3.63, 3.8) is 0 Å². The number of hydroxylamine groups is 4. The Kier molecular flexibility index (Phi) is 36.4. The molecule has 0 aromatic heterocycles. The minimum atomic E-state index is -0.737. The lowest BCUT2D eigenvalue weighted by atomic mass is 10.3. The predicted octanol–water partition coefficient (Wildman–Crippen LogP) is -0.291. The number of imide groups is 2. The zero-order chi connectivity index (χ0) is 49.1. The molecule has 5 amide bonds. The maximum atomic E-state index is 13.1. The van der Waals surface area contributed by atoms with Gasteiger partial charge in [-0.1, -0.05) is 5.11 Å². The molecule has 2 saturated heterocycles. The summed E-state index contributed by atoms with van der Waals surface area (Å²) < 4.78 is 65.7. The van der Waals surface area contributed by atoms with Crippen molar-refractivity contribution >= 4 is 41.5 Å². The lowest BCUT2D eigenvalue weighted by molar-refractivity contribution is -0.198. The van der Waals surface area contributed by atoms with E-state index in [0.29, 0.717) is 122 Å². The molecule has 0 unspecified atom stereocenters. The van der Waals surface area contributed by atoms with Gasteiger partial charge in [-0.2, -0.15) is 0 Å². The third-order valence-electron chi connectivity index (χ3n) is 8.87. The van der Waals surface area contributed by atoms with Crippen LogP contribution in [0.15, 0.2) is 5.11 Å². The fourth-order valence-corrected chi connectivity index (χ4v) is 5.39. The van der Waals surface area contributed by atoms with E-state index in [1.54, 1.807) is 4.90 Å². The van der Waals surface area contributed by atoms with Crippen LogP contribution in [0.4, 0.5) is 0 Å². The van der Waals surface area contributed by atoms with Crippen molar-refractivity contribution in [2.75, 3.05) is 178 Å². The molecule has 2 aliphatic rings. The van der Waals surface area contributed by atoms with Gasteiger partial charge in [-0.05, 0) is 5.53 Å². The van der Waals surface area contributed by atoms with Gasteiger partial charge in [-0.25, -0.2) is 9.59 Å². The Morgan fingerprint density at radius 2 is 0.676 bits per heavy atom. The Morgan fingerprint density at radius 3 is 0.985 bits per heavy atom. The first-order chi connectivity index (χ1) is 33.2. The molecule has 27 heteroatoms. The Labute approximate surface area is 394 Å². The smallest absolute Gasteiger partial charge is 0.335 e. The number of ether oxygens (including phenoxy) is 12. The molecule has 68 heavy (non-hydrogen) atoms. The zero-order valence-electron chi connectivity index (χ0n) is 38.8. The van der Waals surface area contributed by atoms with Crippen LogP contribution in [0.25, 0.3) is 10.4 Å². The minimum Gasteiger partial charge on any atom is -0.379 e. The van der Waals surface area contributed by atoms with Crippen molar-refractivity contribution in [2.24, 2.45) is 5.11 Å². The molecule has 0 N–H and O–H groups in total. The summed E-state index contributed by atoms with van der Waals surface area (Å²) in [5, 5.41) is 4.37. The minimum absolute atomic E-state index is 0.0266. The summed E-state index contributed by atoms with van der Waals surface area (Å²) in [6.07, 6.45) is 0.0131. The van der Waals surface area contributed by atoms with Crippen LogP contribution in [-0.4, -0.2) is 235 Å². The highest BCUT2D eigenvalue weighted by Gasteiger charge is 2.33. The van der Waals surface area contributed by atoms with Crippen molar-refractivity contribution in [2.45, 2.75) is 44.9 Å². The summed E-state index contributed by atoms with van der Waals surface area (Å²) in [6, 6.07) is 0. The second-order valence-electron chi connectivity index (χ2n) is 14.0. The molecule has 0 spiro atoms. The highest BCUT2D eigenvalue weighted by molar-refractivity contribution is 6.02. The number of hydrogen-bond acceptors (Lipinski definition) is 22. The van der Waals surface area contributed by atoms with Gasteiger partial charge in [0.15, 0.2) is 0 Å². The first-order valence-corrected chi connectivity index (χ1v) is 22.6. The van der Waals surface area contributed by atoms with Crippen LogP contribution in [0.3, 0.4) is 0 Å².